The summed E-state index contributed by atoms with van der Waals surface area (Å²) in [6.45, 7) is -0.671. The molecule has 1 saturated carbocycles. The molecule has 1 heterocycles. The Hall–Kier alpha value is -1.68. The fraction of sp³-hybridized carbons (Fsp3) is 0.400. The molecule has 1 N–H and O–H groups in total. The summed E-state index contributed by atoms with van der Waals surface area (Å²) in [4.78, 5) is 12.5. The Labute approximate surface area is 110 Å². The lowest BCUT2D eigenvalue weighted by Gasteiger charge is -2.32. The third-order valence-electron chi connectivity index (χ3n) is 3.94. The highest BCUT2D eigenvalue weighted by Crippen LogP contribution is 2.31. The van der Waals surface area contributed by atoms with Crippen molar-refractivity contribution in [3.63, 3.8) is 0 Å². The first-order chi connectivity index (χ1) is 9.29. The normalized spacial score (nSPS) is 17.3. The number of alkyl halides is 1. The van der Waals surface area contributed by atoms with Crippen LogP contribution in [0.25, 0.3) is 11.0 Å². The van der Waals surface area contributed by atoms with Crippen LogP contribution in [0.3, 0.4) is 0 Å². The van der Waals surface area contributed by atoms with Crippen molar-refractivity contribution in [1.82, 2.24) is 5.32 Å². The van der Waals surface area contributed by atoms with Crippen molar-refractivity contribution < 1.29 is 13.6 Å². The van der Waals surface area contributed by atoms with Gasteiger partial charge in [0.25, 0.3) is 0 Å². The number of nitrogens with one attached hydrogen (secondary N) is 1. The quantitative estimate of drug-likeness (QED) is 0.663. The second-order valence-electron chi connectivity index (χ2n) is 5.04. The van der Waals surface area contributed by atoms with E-state index in [1.54, 1.807) is 18.4 Å². The average molecular weight is 261 g/mol. The van der Waals surface area contributed by atoms with Gasteiger partial charge in [-0.25, -0.2) is 4.39 Å². The Kier molecular flexibility index (Phi) is 3.34. The van der Waals surface area contributed by atoms with Crippen LogP contribution in [0.5, 0.6) is 0 Å². The van der Waals surface area contributed by atoms with Gasteiger partial charge in [0.2, 0.25) is 0 Å². The molecule has 1 fully saturated rings. The molecule has 1 aliphatic rings. The maximum Gasteiger partial charge on any atom is 0.180 e. The smallest absolute Gasteiger partial charge is 0.180 e. The molecule has 0 aliphatic heterocycles. The maximum atomic E-state index is 12.6. The van der Waals surface area contributed by atoms with Gasteiger partial charge in [0.15, 0.2) is 5.78 Å². The van der Waals surface area contributed by atoms with Gasteiger partial charge in [0.1, 0.15) is 12.4 Å². The molecule has 2 aromatic rings. The third-order valence-corrected chi connectivity index (χ3v) is 3.94. The molecule has 1 atom stereocenters. The summed E-state index contributed by atoms with van der Waals surface area (Å²) in [6, 6.07) is 6.83. The molecule has 0 bridgehead atoms. The molecule has 0 spiro atoms. The minimum Gasteiger partial charge on any atom is -0.464 e. The van der Waals surface area contributed by atoms with Crippen molar-refractivity contribution in [3.8, 4) is 0 Å². The predicted molar refractivity (Wildman–Crippen MR) is 70.8 cm³/mol. The van der Waals surface area contributed by atoms with E-state index in [4.69, 9.17) is 4.42 Å². The van der Waals surface area contributed by atoms with Gasteiger partial charge in [-0.2, -0.15) is 0 Å². The predicted octanol–water partition coefficient (Wildman–Crippen LogP) is 3.30. The fourth-order valence-electron chi connectivity index (χ4n) is 2.62. The van der Waals surface area contributed by atoms with Crippen LogP contribution < -0.4 is 5.32 Å². The molecule has 100 valence electrons. The van der Waals surface area contributed by atoms with Crippen molar-refractivity contribution in [2.75, 3.05) is 6.80 Å². The SMILES string of the molecule is O=C(c1ccc2ccoc2c1)C(NCF)C1CCC1. The van der Waals surface area contributed by atoms with E-state index in [0.29, 0.717) is 11.1 Å². The van der Waals surface area contributed by atoms with Gasteiger partial charge >= 0.3 is 0 Å². The zero-order valence-corrected chi connectivity index (χ0v) is 10.6. The molecular weight excluding hydrogens is 245 g/mol. The number of hydrogen-bond acceptors (Lipinski definition) is 3. The van der Waals surface area contributed by atoms with Gasteiger partial charge in [-0.1, -0.05) is 18.6 Å². The summed E-state index contributed by atoms with van der Waals surface area (Å²) in [6.07, 6.45) is 4.71. The number of fused-ring (bicyclic) bond motifs is 1. The van der Waals surface area contributed by atoms with Crippen molar-refractivity contribution >= 4 is 16.8 Å². The topological polar surface area (TPSA) is 42.2 Å². The Balaban J connectivity index is 1.87. The standard InChI is InChI=1S/C15H16FNO2/c16-9-17-14(11-2-1-3-11)15(18)12-5-4-10-6-7-19-13(10)8-12/h4-8,11,14,17H,1-3,9H2. The summed E-state index contributed by atoms with van der Waals surface area (Å²) in [5.74, 6) is 0.219. The lowest BCUT2D eigenvalue weighted by atomic mass is 9.77. The lowest BCUT2D eigenvalue weighted by molar-refractivity contribution is 0.0847. The molecule has 3 nitrogen and oxygen atoms in total. The number of carbonyl (C=O) groups is 1. The number of halogens is 1. The second kappa shape index (κ2) is 5.13. The van der Waals surface area contributed by atoms with Gasteiger partial charge in [0, 0.05) is 10.9 Å². The molecule has 1 aliphatic carbocycles. The first-order valence-corrected chi connectivity index (χ1v) is 6.60. The Morgan fingerprint density at radius 1 is 1.42 bits per heavy atom. The van der Waals surface area contributed by atoms with Crippen molar-refractivity contribution in [2.45, 2.75) is 25.3 Å². The zero-order valence-electron chi connectivity index (χ0n) is 10.6. The fourth-order valence-corrected chi connectivity index (χ4v) is 2.62. The molecule has 19 heavy (non-hydrogen) atoms. The van der Waals surface area contributed by atoms with Crippen LogP contribution >= 0.6 is 0 Å². The Morgan fingerprint density at radius 2 is 2.26 bits per heavy atom. The van der Waals surface area contributed by atoms with Crippen LogP contribution in [0, 0.1) is 5.92 Å². The van der Waals surface area contributed by atoms with Crippen molar-refractivity contribution in [3.05, 3.63) is 36.1 Å². The monoisotopic (exact) mass is 261 g/mol. The van der Waals surface area contributed by atoms with Gasteiger partial charge < -0.3 is 4.42 Å². The van der Waals surface area contributed by atoms with E-state index in [-0.39, 0.29) is 11.7 Å². The highest BCUT2D eigenvalue weighted by molar-refractivity contribution is 6.02. The number of ketones is 1. The molecule has 0 amide bonds. The number of rotatable bonds is 5. The molecular formula is C15H16FNO2. The van der Waals surface area contributed by atoms with Crippen LogP contribution in [0.15, 0.2) is 34.9 Å². The second-order valence-corrected chi connectivity index (χ2v) is 5.04. The summed E-state index contributed by atoms with van der Waals surface area (Å²) in [7, 11) is 0. The van der Waals surface area contributed by atoms with Crippen LogP contribution in [0.2, 0.25) is 0 Å². The Morgan fingerprint density at radius 3 is 2.95 bits per heavy atom. The molecule has 1 unspecified atom stereocenters. The van der Waals surface area contributed by atoms with Gasteiger partial charge in [-0.05, 0) is 30.9 Å². The molecule has 3 rings (SSSR count). The molecule has 1 aromatic heterocycles. The number of benzene rings is 1. The van der Waals surface area contributed by atoms with E-state index in [9.17, 15) is 9.18 Å². The molecule has 0 radical (unpaired) electrons. The highest BCUT2D eigenvalue weighted by Gasteiger charge is 2.32. The number of furan rings is 1. The number of Topliss-reactive ketones (excluding diaryl/α,β-unsaturated/α-hetero) is 1. The minimum atomic E-state index is -0.671. The van der Waals surface area contributed by atoms with Crippen LogP contribution in [-0.2, 0) is 0 Å². The summed E-state index contributed by atoms with van der Waals surface area (Å²) in [5, 5.41) is 3.65. The van der Waals surface area contributed by atoms with Crippen LogP contribution in [0.1, 0.15) is 29.6 Å². The average Bonchev–Trinajstić information content (AvgIpc) is 2.82. The molecule has 4 heteroatoms. The van der Waals surface area contributed by atoms with E-state index < -0.39 is 12.8 Å². The van der Waals surface area contributed by atoms with E-state index in [2.05, 4.69) is 5.32 Å². The first-order valence-electron chi connectivity index (χ1n) is 6.60. The van der Waals surface area contributed by atoms with E-state index in [1.807, 2.05) is 12.1 Å². The van der Waals surface area contributed by atoms with Crippen LogP contribution in [0.4, 0.5) is 4.39 Å². The summed E-state index contributed by atoms with van der Waals surface area (Å²) in [5.41, 5.74) is 1.28. The van der Waals surface area contributed by atoms with E-state index in [0.717, 1.165) is 24.6 Å². The van der Waals surface area contributed by atoms with Crippen molar-refractivity contribution in [1.29, 1.82) is 0 Å². The summed E-state index contributed by atoms with van der Waals surface area (Å²) < 4.78 is 17.9. The van der Waals surface area contributed by atoms with Crippen LogP contribution in [-0.4, -0.2) is 18.6 Å². The summed E-state index contributed by atoms with van der Waals surface area (Å²) >= 11 is 0. The van der Waals surface area contributed by atoms with E-state index >= 15 is 0 Å². The third kappa shape index (κ3) is 2.28. The minimum absolute atomic E-state index is 0.0411. The molecule has 1 aromatic carbocycles. The Bertz CT molecular complexity index is 589. The van der Waals surface area contributed by atoms with Gasteiger partial charge in [-0.3, -0.25) is 10.1 Å². The van der Waals surface area contributed by atoms with Crippen molar-refractivity contribution in [2.24, 2.45) is 5.92 Å². The zero-order chi connectivity index (χ0) is 13.2. The molecule has 0 saturated heterocycles. The number of hydrogen-bond donors (Lipinski definition) is 1. The number of carbonyl (C=O) groups excluding carboxylic acids is 1. The maximum absolute atomic E-state index is 12.6. The van der Waals surface area contributed by atoms with Gasteiger partial charge in [0.05, 0.1) is 12.3 Å². The lowest BCUT2D eigenvalue weighted by Crippen LogP contribution is -2.45. The van der Waals surface area contributed by atoms with Gasteiger partial charge in [-0.15, -0.1) is 0 Å². The first kappa shape index (κ1) is 12.4. The largest absolute Gasteiger partial charge is 0.464 e. The van der Waals surface area contributed by atoms with E-state index in [1.165, 1.54) is 0 Å². The highest BCUT2D eigenvalue weighted by atomic mass is 19.1.